The molecule has 0 spiro atoms. The van der Waals surface area contributed by atoms with E-state index in [4.69, 9.17) is 5.11 Å². The van der Waals surface area contributed by atoms with Gasteiger partial charge in [-0.3, -0.25) is 9.59 Å². The van der Waals surface area contributed by atoms with Gasteiger partial charge in [0.05, 0.1) is 25.6 Å². The summed E-state index contributed by atoms with van der Waals surface area (Å²) in [7, 11) is 0. The van der Waals surface area contributed by atoms with Crippen molar-refractivity contribution in [2.24, 2.45) is 0 Å². The summed E-state index contributed by atoms with van der Waals surface area (Å²) in [5.74, 6) is -3.64. The van der Waals surface area contributed by atoms with Crippen LogP contribution >= 0.6 is 31.9 Å². The maximum absolute atomic E-state index is 12.6. The normalized spacial score (nSPS) is 12.8. The number of fused-ring (bicyclic) bond motifs is 2. The standard InChI is InChI=1S/C15H6Br2O6/c16-9-10(17)14(21)8-7(13(9)20)11(18)5-2-1-4(15(22)23)3-6(5)12(8)19/h1-3,20-21H,(H,22,23). The number of carboxylic acid groups (broad SMARTS) is 1. The van der Waals surface area contributed by atoms with Crippen LogP contribution in [0, 0.1) is 0 Å². The van der Waals surface area contributed by atoms with Crippen LogP contribution in [-0.2, 0) is 0 Å². The lowest BCUT2D eigenvalue weighted by molar-refractivity contribution is 0.0696. The van der Waals surface area contributed by atoms with Crippen LogP contribution in [0.5, 0.6) is 11.5 Å². The molecule has 0 saturated carbocycles. The lowest BCUT2D eigenvalue weighted by atomic mass is 9.82. The van der Waals surface area contributed by atoms with Gasteiger partial charge in [0.15, 0.2) is 11.6 Å². The summed E-state index contributed by atoms with van der Waals surface area (Å²) in [6.07, 6.45) is 0. The monoisotopic (exact) mass is 440 g/mol. The highest BCUT2D eigenvalue weighted by molar-refractivity contribution is 9.13. The molecule has 0 unspecified atom stereocenters. The highest BCUT2D eigenvalue weighted by atomic mass is 79.9. The summed E-state index contributed by atoms with van der Waals surface area (Å²) < 4.78 is 0.0632. The number of hydrogen-bond acceptors (Lipinski definition) is 5. The number of ketones is 2. The molecule has 3 N–H and O–H groups in total. The number of phenolic OH excluding ortho intramolecular Hbond substituents is 2. The van der Waals surface area contributed by atoms with Crippen molar-refractivity contribution in [2.45, 2.75) is 0 Å². The van der Waals surface area contributed by atoms with Gasteiger partial charge in [0.2, 0.25) is 0 Å². The maximum Gasteiger partial charge on any atom is 0.335 e. The summed E-state index contributed by atoms with van der Waals surface area (Å²) in [5.41, 5.74) is -1.01. The van der Waals surface area contributed by atoms with Gasteiger partial charge in [-0.25, -0.2) is 4.79 Å². The SMILES string of the molecule is O=C(O)c1ccc2c(c1)C(=O)c1c(O)c(Br)c(Br)c(O)c1C2=O. The summed E-state index contributed by atoms with van der Waals surface area (Å²) in [4.78, 5) is 36.2. The molecule has 0 aromatic heterocycles. The number of carbonyl (C=O) groups is 3. The maximum atomic E-state index is 12.6. The molecule has 8 heteroatoms. The number of carboxylic acids is 1. The van der Waals surface area contributed by atoms with Gasteiger partial charge >= 0.3 is 5.97 Å². The molecule has 0 amide bonds. The van der Waals surface area contributed by atoms with E-state index in [0.717, 1.165) is 6.07 Å². The van der Waals surface area contributed by atoms with E-state index in [2.05, 4.69) is 31.9 Å². The van der Waals surface area contributed by atoms with Crippen LogP contribution in [0.1, 0.15) is 42.2 Å². The number of aromatic hydroxyl groups is 2. The second kappa shape index (κ2) is 5.17. The van der Waals surface area contributed by atoms with Crippen LogP contribution in [0.15, 0.2) is 27.1 Å². The molecule has 0 saturated heterocycles. The van der Waals surface area contributed by atoms with Crippen molar-refractivity contribution in [1.82, 2.24) is 0 Å². The molecular weight excluding hydrogens is 436 g/mol. The Morgan fingerprint density at radius 2 is 1.35 bits per heavy atom. The van der Waals surface area contributed by atoms with Crippen molar-refractivity contribution in [1.29, 1.82) is 0 Å². The van der Waals surface area contributed by atoms with E-state index in [1.807, 2.05) is 0 Å². The number of carbonyl (C=O) groups excluding carboxylic acids is 2. The van der Waals surface area contributed by atoms with E-state index in [1.54, 1.807) is 0 Å². The third-order valence-corrected chi connectivity index (χ3v) is 5.62. The molecule has 0 atom stereocenters. The average molecular weight is 442 g/mol. The van der Waals surface area contributed by atoms with Crippen LogP contribution in [0.25, 0.3) is 0 Å². The van der Waals surface area contributed by atoms with Crippen LogP contribution in [0.4, 0.5) is 0 Å². The molecule has 2 aromatic rings. The first-order valence-electron chi connectivity index (χ1n) is 6.15. The number of hydrogen-bond donors (Lipinski definition) is 3. The van der Waals surface area contributed by atoms with Crippen LogP contribution in [0.3, 0.4) is 0 Å². The van der Waals surface area contributed by atoms with Gasteiger partial charge in [-0.2, -0.15) is 0 Å². The lowest BCUT2D eigenvalue weighted by Crippen LogP contribution is -2.22. The Labute approximate surface area is 145 Å². The summed E-state index contributed by atoms with van der Waals surface area (Å²) in [5, 5.41) is 29.3. The smallest absolute Gasteiger partial charge is 0.335 e. The first-order valence-corrected chi connectivity index (χ1v) is 7.74. The van der Waals surface area contributed by atoms with E-state index in [9.17, 15) is 24.6 Å². The van der Waals surface area contributed by atoms with Crippen molar-refractivity contribution in [3.8, 4) is 11.5 Å². The molecule has 0 radical (unpaired) electrons. The minimum atomic E-state index is -1.25. The number of rotatable bonds is 1. The largest absolute Gasteiger partial charge is 0.506 e. The second-order valence-corrected chi connectivity index (χ2v) is 6.38. The van der Waals surface area contributed by atoms with Crippen molar-refractivity contribution in [3.05, 3.63) is 55.0 Å². The van der Waals surface area contributed by atoms with Gasteiger partial charge in [0.1, 0.15) is 11.5 Å². The minimum Gasteiger partial charge on any atom is -0.506 e. The first-order chi connectivity index (χ1) is 10.8. The average Bonchev–Trinajstić information content (AvgIpc) is 2.53. The second-order valence-electron chi connectivity index (χ2n) is 4.80. The quantitative estimate of drug-likeness (QED) is 0.500. The molecule has 0 aliphatic heterocycles. The third-order valence-electron chi connectivity index (χ3n) is 3.54. The van der Waals surface area contributed by atoms with Gasteiger partial charge in [-0.05, 0) is 50.1 Å². The Kier molecular flexibility index (Phi) is 3.53. The molecule has 2 aromatic carbocycles. The van der Waals surface area contributed by atoms with Gasteiger partial charge in [0.25, 0.3) is 0 Å². The van der Waals surface area contributed by atoms with Crippen LogP contribution in [0.2, 0.25) is 0 Å². The zero-order valence-electron chi connectivity index (χ0n) is 11.1. The minimum absolute atomic E-state index is 0.0211. The number of benzene rings is 2. The Morgan fingerprint density at radius 1 is 0.870 bits per heavy atom. The van der Waals surface area contributed by atoms with E-state index >= 15 is 0 Å². The van der Waals surface area contributed by atoms with E-state index in [0.29, 0.717) is 0 Å². The summed E-state index contributed by atoms with van der Waals surface area (Å²) >= 11 is 6.05. The Hall–Kier alpha value is -2.19. The molecule has 6 nitrogen and oxygen atoms in total. The van der Waals surface area contributed by atoms with Crippen LogP contribution in [-0.4, -0.2) is 32.9 Å². The molecule has 0 heterocycles. The molecular formula is C15H6Br2O6. The van der Waals surface area contributed by atoms with Gasteiger partial charge in [-0.15, -0.1) is 0 Å². The van der Waals surface area contributed by atoms with Crippen LogP contribution < -0.4 is 0 Å². The Bertz CT molecular complexity index is 932. The first kappa shape index (κ1) is 15.7. The highest BCUT2D eigenvalue weighted by Gasteiger charge is 2.37. The van der Waals surface area contributed by atoms with Crippen molar-refractivity contribution in [3.63, 3.8) is 0 Å². The summed E-state index contributed by atoms with van der Waals surface area (Å²) in [6.45, 7) is 0. The van der Waals surface area contributed by atoms with E-state index in [-0.39, 0.29) is 36.8 Å². The molecule has 1 aliphatic rings. The fraction of sp³-hybridized carbons (Fsp3) is 0. The highest BCUT2D eigenvalue weighted by Crippen LogP contribution is 2.47. The lowest BCUT2D eigenvalue weighted by Gasteiger charge is -2.21. The molecule has 0 fully saturated rings. The van der Waals surface area contributed by atoms with Crippen molar-refractivity contribution in [2.75, 3.05) is 0 Å². The van der Waals surface area contributed by atoms with Crippen molar-refractivity contribution < 1.29 is 29.7 Å². The number of aromatic carboxylic acids is 1. The molecule has 1 aliphatic carbocycles. The topological polar surface area (TPSA) is 112 Å². The van der Waals surface area contributed by atoms with Crippen molar-refractivity contribution >= 4 is 49.4 Å². The fourth-order valence-electron chi connectivity index (χ4n) is 2.44. The third kappa shape index (κ3) is 2.09. The molecule has 0 bridgehead atoms. The predicted octanol–water partition coefficient (Wildman–Crippen LogP) is 3.10. The van der Waals surface area contributed by atoms with Gasteiger partial charge in [-0.1, -0.05) is 0 Å². The predicted molar refractivity (Wildman–Crippen MR) is 85.4 cm³/mol. The zero-order valence-corrected chi connectivity index (χ0v) is 14.2. The Balaban J connectivity index is 2.38. The summed E-state index contributed by atoms with van der Waals surface area (Å²) in [6, 6.07) is 3.49. The van der Waals surface area contributed by atoms with E-state index in [1.165, 1.54) is 12.1 Å². The van der Waals surface area contributed by atoms with Gasteiger partial charge in [0, 0.05) is 11.1 Å². The molecule has 3 rings (SSSR count). The number of halogens is 2. The zero-order chi connectivity index (χ0) is 17.0. The number of phenols is 2. The Morgan fingerprint density at radius 3 is 1.83 bits per heavy atom. The fourth-order valence-corrected chi connectivity index (χ4v) is 3.21. The molecule has 116 valence electrons. The molecule has 23 heavy (non-hydrogen) atoms. The van der Waals surface area contributed by atoms with E-state index < -0.39 is 29.0 Å². The van der Waals surface area contributed by atoms with Gasteiger partial charge < -0.3 is 15.3 Å².